The summed E-state index contributed by atoms with van der Waals surface area (Å²) in [7, 11) is 0. The van der Waals surface area contributed by atoms with Crippen LogP contribution >= 0.6 is 11.6 Å². The third kappa shape index (κ3) is 2.69. The Morgan fingerprint density at radius 3 is 3.22 bits per heavy atom. The van der Waals surface area contributed by atoms with Crippen molar-refractivity contribution < 1.29 is 4.79 Å². The molecule has 118 valence electrons. The predicted octanol–water partition coefficient (Wildman–Crippen LogP) is 1.29. The topological polar surface area (TPSA) is 87.1 Å². The van der Waals surface area contributed by atoms with Crippen LogP contribution in [0.15, 0.2) is 24.5 Å². The number of carbonyl (C=O) groups excluding carboxylic acids is 1. The number of halogens is 1. The normalized spacial score (nSPS) is 14.0. The fourth-order valence-corrected chi connectivity index (χ4v) is 2.94. The summed E-state index contributed by atoms with van der Waals surface area (Å²) >= 11 is 5.95. The van der Waals surface area contributed by atoms with Crippen LogP contribution in [-0.2, 0) is 19.5 Å². The molecule has 23 heavy (non-hydrogen) atoms. The van der Waals surface area contributed by atoms with E-state index in [0.29, 0.717) is 23.8 Å². The highest BCUT2D eigenvalue weighted by molar-refractivity contribution is 6.30. The van der Waals surface area contributed by atoms with E-state index in [2.05, 4.69) is 25.8 Å². The summed E-state index contributed by atoms with van der Waals surface area (Å²) < 4.78 is 1.84. The number of hydrogen-bond donors (Lipinski definition) is 3. The van der Waals surface area contributed by atoms with E-state index in [0.717, 1.165) is 35.6 Å². The van der Waals surface area contributed by atoms with E-state index < -0.39 is 0 Å². The minimum atomic E-state index is -0.193. The van der Waals surface area contributed by atoms with Gasteiger partial charge >= 0.3 is 0 Å². The zero-order chi connectivity index (χ0) is 15.8. The van der Waals surface area contributed by atoms with Gasteiger partial charge in [0.15, 0.2) is 5.69 Å². The molecule has 0 spiro atoms. The summed E-state index contributed by atoms with van der Waals surface area (Å²) in [6.45, 7) is 1.91. The number of nitrogens with zero attached hydrogens (tertiary/aromatic N) is 3. The number of aromatic nitrogens is 4. The van der Waals surface area contributed by atoms with Gasteiger partial charge in [0, 0.05) is 43.2 Å². The van der Waals surface area contributed by atoms with Crippen LogP contribution in [0.1, 0.15) is 27.4 Å². The average Bonchev–Trinajstić information content (AvgIpc) is 3.15. The maximum Gasteiger partial charge on any atom is 0.272 e. The van der Waals surface area contributed by atoms with Crippen molar-refractivity contribution in [2.45, 2.75) is 19.5 Å². The Kier molecular flexibility index (Phi) is 3.51. The second kappa shape index (κ2) is 5.68. The molecule has 0 aliphatic carbocycles. The van der Waals surface area contributed by atoms with Crippen LogP contribution in [0.2, 0.25) is 5.02 Å². The van der Waals surface area contributed by atoms with Gasteiger partial charge in [-0.3, -0.25) is 9.89 Å². The molecule has 8 heteroatoms. The van der Waals surface area contributed by atoms with Gasteiger partial charge in [0.2, 0.25) is 0 Å². The number of aromatic amines is 1. The number of fused-ring (bicyclic) bond motifs is 2. The van der Waals surface area contributed by atoms with E-state index in [-0.39, 0.29) is 5.91 Å². The van der Waals surface area contributed by atoms with Crippen LogP contribution < -0.4 is 10.6 Å². The molecule has 1 aliphatic rings. The molecule has 0 saturated carbocycles. The van der Waals surface area contributed by atoms with Crippen molar-refractivity contribution in [1.82, 2.24) is 30.2 Å². The molecule has 0 bridgehead atoms. The summed E-state index contributed by atoms with van der Waals surface area (Å²) in [5, 5.41) is 13.9. The van der Waals surface area contributed by atoms with Crippen molar-refractivity contribution in [2.24, 2.45) is 0 Å². The van der Waals surface area contributed by atoms with E-state index >= 15 is 0 Å². The van der Waals surface area contributed by atoms with E-state index in [4.69, 9.17) is 11.6 Å². The van der Waals surface area contributed by atoms with Crippen molar-refractivity contribution >= 4 is 23.2 Å². The quantitative estimate of drug-likeness (QED) is 0.675. The van der Waals surface area contributed by atoms with Crippen LogP contribution in [0.3, 0.4) is 0 Å². The molecular formula is C15H15ClN6O. The third-order valence-electron chi connectivity index (χ3n) is 3.92. The molecule has 0 atom stereocenters. The fourth-order valence-electron chi connectivity index (χ4n) is 2.77. The first-order valence-electron chi connectivity index (χ1n) is 7.39. The number of nitrogens with one attached hydrogen (secondary N) is 3. The molecule has 3 aromatic heterocycles. The van der Waals surface area contributed by atoms with E-state index in [9.17, 15) is 4.79 Å². The Bertz CT molecular complexity index is 883. The van der Waals surface area contributed by atoms with Crippen molar-refractivity contribution in [3.8, 4) is 0 Å². The largest absolute Gasteiger partial charge is 0.345 e. The van der Waals surface area contributed by atoms with Crippen LogP contribution in [-0.4, -0.2) is 32.0 Å². The lowest BCUT2D eigenvalue weighted by molar-refractivity contribution is 0.0944. The second-order valence-electron chi connectivity index (χ2n) is 5.48. The molecule has 0 fully saturated rings. The number of rotatable bonds is 3. The molecule has 3 aromatic rings. The molecule has 3 N–H and O–H groups in total. The van der Waals surface area contributed by atoms with E-state index in [1.807, 2.05) is 16.7 Å². The van der Waals surface area contributed by atoms with Crippen LogP contribution in [0.4, 0.5) is 0 Å². The molecular weight excluding hydrogens is 316 g/mol. The molecule has 1 amide bonds. The van der Waals surface area contributed by atoms with Gasteiger partial charge in [0.1, 0.15) is 5.65 Å². The Hall–Kier alpha value is -2.38. The standard InChI is InChI=1S/C15H15ClN6O/c16-9-1-2-13-19-10(8-22(13)7-9)5-18-15(23)14-11-6-17-4-3-12(11)20-21-14/h1-2,7-8,17H,3-6H2,(H,18,23)(H,20,21). The summed E-state index contributed by atoms with van der Waals surface area (Å²) in [5.74, 6) is -0.193. The molecule has 0 saturated heterocycles. The maximum atomic E-state index is 12.3. The van der Waals surface area contributed by atoms with Gasteiger partial charge in [-0.2, -0.15) is 5.10 Å². The minimum absolute atomic E-state index is 0.193. The number of H-pyrrole nitrogens is 1. The third-order valence-corrected chi connectivity index (χ3v) is 4.14. The molecule has 0 unspecified atom stereocenters. The van der Waals surface area contributed by atoms with E-state index in [1.165, 1.54) is 0 Å². The highest BCUT2D eigenvalue weighted by Crippen LogP contribution is 2.15. The monoisotopic (exact) mass is 330 g/mol. The number of pyridine rings is 1. The molecule has 4 rings (SSSR count). The number of hydrogen-bond acceptors (Lipinski definition) is 4. The molecule has 7 nitrogen and oxygen atoms in total. The first-order valence-corrected chi connectivity index (χ1v) is 7.76. The summed E-state index contributed by atoms with van der Waals surface area (Å²) in [6, 6.07) is 3.62. The van der Waals surface area contributed by atoms with Gasteiger partial charge in [-0.15, -0.1) is 0 Å². The molecule has 0 radical (unpaired) electrons. The summed E-state index contributed by atoms with van der Waals surface area (Å²) in [4.78, 5) is 16.8. The van der Waals surface area contributed by atoms with Crippen molar-refractivity contribution in [3.05, 3.63) is 52.2 Å². The Balaban J connectivity index is 1.49. The second-order valence-corrected chi connectivity index (χ2v) is 5.92. The SMILES string of the molecule is O=C(NCc1cn2cc(Cl)ccc2n1)c1n[nH]c2c1CNCC2. The summed E-state index contributed by atoms with van der Waals surface area (Å²) in [5.41, 5.74) is 4.01. The lowest BCUT2D eigenvalue weighted by atomic mass is 10.1. The zero-order valence-corrected chi connectivity index (χ0v) is 13.0. The molecule has 1 aliphatic heterocycles. The number of carbonyl (C=O) groups is 1. The first kappa shape index (κ1) is 14.2. The van der Waals surface area contributed by atoms with Gasteiger partial charge < -0.3 is 15.0 Å². The van der Waals surface area contributed by atoms with E-state index in [1.54, 1.807) is 12.3 Å². The zero-order valence-electron chi connectivity index (χ0n) is 12.3. The fraction of sp³-hybridized carbons (Fsp3) is 0.267. The highest BCUT2D eigenvalue weighted by Gasteiger charge is 2.21. The van der Waals surface area contributed by atoms with Gasteiger partial charge in [-0.1, -0.05) is 11.6 Å². The van der Waals surface area contributed by atoms with Crippen LogP contribution in [0.5, 0.6) is 0 Å². The number of amides is 1. The Morgan fingerprint density at radius 1 is 1.39 bits per heavy atom. The van der Waals surface area contributed by atoms with Crippen LogP contribution in [0, 0.1) is 0 Å². The van der Waals surface area contributed by atoms with Crippen molar-refractivity contribution in [2.75, 3.05) is 6.54 Å². The molecule has 4 heterocycles. The first-order chi connectivity index (χ1) is 11.2. The molecule has 0 aromatic carbocycles. The van der Waals surface area contributed by atoms with Crippen LogP contribution in [0.25, 0.3) is 5.65 Å². The smallest absolute Gasteiger partial charge is 0.272 e. The van der Waals surface area contributed by atoms with Crippen molar-refractivity contribution in [1.29, 1.82) is 0 Å². The summed E-state index contributed by atoms with van der Waals surface area (Å²) in [6.07, 6.45) is 4.50. The van der Waals surface area contributed by atoms with Gasteiger partial charge in [0.25, 0.3) is 5.91 Å². The van der Waals surface area contributed by atoms with Gasteiger partial charge in [0.05, 0.1) is 17.3 Å². The average molecular weight is 331 g/mol. The minimum Gasteiger partial charge on any atom is -0.345 e. The highest BCUT2D eigenvalue weighted by atomic mass is 35.5. The number of imidazole rings is 1. The lowest BCUT2D eigenvalue weighted by Gasteiger charge is -2.12. The Morgan fingerprint density at radius 2 is 2.30 bits per heavy atom. The predicted molar refractivity (Wildman–Crippen MR) is 85.4 cm³/mol. The van der Waals surface area contributed by atoms with Gasteiger partial charge in [-0.25, -0.2) is 4.98 Å². The Labute approximate surface area is 137 Å². The van der Waals surface area contributed by atoms with Gasteiger partial charge in [-0.05, 0) is 12.1 Å². The maximum absolute atomic E-state index is 12.3. The lowest BCUT2D eigenvalue weighted by Crippen LogP contribution is -2.28. The van der Waals surface area contributed by atoms with Crippen molar-refractivity contribution in [3.63, 3.8) is 0 Å².